The van der Waals surface area contributed by atoms with E-state index >= 15 is 0 Å². The van der Waals surface area contributed by atoms with Crippen LogP contribution in [0.2, 0.25) is 0 Å². The molecule has 7 nitrogen and oxygen atoms in total. The second kappa shape index (κ2) is 8.57. The van der Waals surface area contributed by atoms with Gasteiger partial charge in [0, 0.05) is 6.54 Å². The molecule has 140 valence electrons. The van der Waals surface area contributed by atoms with E-state index in [0.717, 1.165) is 6.42 Å². The number of carbonyl (C=O) groups is 1. The zero-order valence-corrected chi connectivity index (χ0v) is 15.7. The molecular weight excluding hydrogens is 356 g/mol. The van der Waals surface area contributed by atoms with Gasteiger partial charge in [0.2, 0.25) is 0 Å². The Morgan fingerprint density at radius 2 is 1.73 bits per heavy atom. The van der Waals surface area contributed by atoms with Crippen LogP contribution in [0.15, 0.2) is 47.4 Å². The number of methoxy groups -OCH3 is 2. The summed E-state index contributed by atoms with van der Waals surface area (Å²) in [5.41, 5.74) is 0.464. The SMILES string of the molecule is CCCNC(=O)c1cc(S(=O)(=O)Nc2ccccc2OC)ccc1OC. The predicted octanol–water partition coefficient (Wildman–Crippen LogP) is 2.64. The number of ether oxygens (including phenoxy) is 2. The molecule has 0 bridgehead atoms. The molecule has 2 N–H and O–H groups in total. The summed E-state index contributed by atoms with van der Waals surface area (Å²) in [6, 6.07) is 10.8. The molecule has 0 unspecified atom stereocenters. The largest absolute Gasteiger partial charge is 0.496 e. The molecule has 0 saturated carbocycles. The number of nitrogens with one attached hydrogen (secondary N) is 2. The number of amides is 1. The van der Waals surface area contributed by atoms with Crippen molar-refractivity contribution in [1.29, 1.82) is 0 Å². The lowest BCUT2D eigenvalue weighted by Crippen LogP contribution is -2.25. The third-order valence-corrected chi connectivity index (χ3v) is 4.98. The van der Waals surface area contributed by atoms with Crippen molar-refractivity contribution >= 4 is 21.6 Å². The van der Waals surface area contributed by atoms with Crippen LogP contribution >= 0.6 is 0 Å². The molecule has 8 heteroatoms. The molecule has 0 aromatic heterocycles. The summed E-state index contributed by atoms with van der Waals surface area (Å²) in [6.45, 7) is 2.41. The Kier molecular flexibility index (Phi) is 6.46. The van der Waals surface area contributed by atoms with Crippen LogP contribution in [0.4, 0.5) is 5.69 Å². The smallest absolute Gasteiger partial charge is 0.262 e. The molecule has 0 fully saturated rings. The molecule has 0 aliphatic heterocycles. The number of carbonyl (C=O) groups excluding carboxylic acids is 1. The quantitative estimate of drug-likeness (QED) is 0.736. The summed E-state index contributed by atoms with van der Waals surface area (Å²) in [7, 11) is -1.03. The van der Waals surface area contributed by atoms with Crippen LogP contribution in [0.25, 0.3) is 0 Å². The normalized spacial score (nSPS) is 10.9. The van der Waals surface area contributed by atoms with Crippen molar-refractivity contribution in [3.63, 3.8) is 0 Å². The van der Waals surface area contributed by atoms with Gasteiger partial charge in [-0.2, -0.15) is 0 Å². The summed E-state index contributed by atoms with van der Waals surface area (Å²) in [4.78, 5) is 12.2. The van der Waals surface area contributed by atoms with E-state index in [1.807, 2.05) is 6.92 Å². The van der Waals surface area contributed by atoms with Crippen LogP contribution in [0, 0.1) is 0 Å². The van der Waals surface area contributed by atoms with E-state index in [1.54, 1.807) is 24.3 Å². The van der Waals surface area contributed by atoms with Gasteiger partial charge in [0.1, 0.15) is 11.5 Å². The van der Waals surface area contributed by atoms with Crippen molar-refractivity contribution in [2.45, 2.75) is 18.2 Å². The van der Waals surface area contributed by atoms with Crippen molar-refractivity contribution in [2.24, 2.45) is 0 Å². The van der Waals surface area contributed by atoms with E-state index in [1.165, 1.54) is 32.4 Å². The summed E-state index contributed by atoms with van der Waals surface area (Å²) >= 11 is 0. The number of benzene rings is 2. The van der Waals surface area contributed by atoms with E-state index < -0.39 is 15.9 Å². The highest BCUT2D eigenvalue weighted by molar-refractivity contribution is 7.92. The van der Waals surface area contributed by atoms with Gasteiger partial charge in [-0.15, -0.1) is 0 Å². The molecule has 0 aliphatic rings. The van der Waals surface area contributed by atoms with Crippen LogP contribution in [-0.4, -0.2) is 35.1 Å². The van der Waals surface area contributed by atoms with E-state index in [0.29, 0.717) is 23.7 Å². The van der Waals surface area contributed by atoms with Crippen molar-refractivity contribution in [2.75, 3.05) is 25.5 Å². The van der Waals surface area contributed by atoms with Gasteiger partial charge < -0.3 is 14.8 Å². The molecular formula is C18H22N2O5S. The van der Waals surface area contributed by atoms with Gasteiger partial charge in [-0.25, -0.2) is 8.42 Å². The molecule has 2 aromatic rings. The molecule has 0 atom stereocenters. The first-order valence-corrected chi connectivity index (χ1v) is 9.53. The van der Waals surface area contributed by atoms with E-state index in [9.17, 15) is 13.2 Å². The lowest BCUT2D eigenvalue weighted by molar-refractivity contribution is 0.0950. The molecule has 0 aliphatic carbocycles. The van der Waals surface area contributed by atoms with Crippen molar-refractivity contribution < 1.29 is 22.7 Å². The van der Waals surface area contributed by atoms with Crippen LogP contribution < -0.4 is 19.5 Å². The van der Waals surface area contributed by atoms with Gasteiger partial charge in [-0.3, -0.25) is 9.52 Å². The Bertz CT molecular complexity index is 881. The molecule has 0 spiro atoms. The lowest BCUT2D eigenvalue weighted by atomic mass is 10.2. The average Bonchev–Trinajstić information content (AvgIpc) is 2.65. The van der Waals surface area contributed by atoms with Crippen molar-refractivity contribution in [3.05, 3.63) is 48.0 Å². The van der Waals surface area contributed by atoms with Crippen LogP contribution in [-0.2, 0) is 10.0 Å². The summed E-state index contributed by atoms with van der Waals surface area (Å²) in [5, 5.41) is 2.72. The van der Waals surface area contributed by atoms with E-state index in [-0.39, 0.29) is 10.5 Å². The Balaban J connectivity index is 2.38. The maximum atomic E-state index is 12.7. The van der Waals surface area contributed by atoms with Gasteiger partial charge in [0.05, 0.1) is 30.4 Å². The number of para-hydroxylation sites is 2. The zero-order valence-electron chi connectivity index (χ0n) is 14.9. The Labute approximate surface area is 153 Å². The predicted molar refractivity (Wildman–Crippen MR) is 99.4 cm³/mol. The molecule has 2 rings (SSSR count). The topological polar surface area (TPSA) is 93.7 Å². The fraction of sp³-hybridized carbons (Fsp3) is 0.278. The van der Waals surface area contributed by atoms with Gasteiger partial charge in [-0.05, 0) is 36.8 Å². The van der Waals surface area contributed by atoms with Gasteiger partial charge >= 0.3 is 0 Å². The Morgan fingerprint density at radius 1 is 1.04 bits per heavy atom. The number of sulfonamides is 1. The standard InChI is InChI=1S/C18H22N2O5S/c1-4-11-19-18(21)14-12-13(9-10-16(14)24-2)26(22,23)20-15-7-5-6-8-17(15)25-3/h5-10,12,20H,4,11H2,1-3H3,(H,19,21). The van der Waals surface area contributed by atoms with Crippen LogP contribution in [0.1, 0.15) is 23.7 Å². The maximum absolute atomic E-state index is 12.7. The van der Waals surface area contributed by atoms with Crippen LogP contribution in [0.5, 0.6) is 11.5 Å². The monoisotopic (exact) mass is 378 g/mol. The van der Waals surface area contributed by atoms with Crippen molar-refractivity contribution in [3.8, 4) is 11.5 Å². The minimum Gasteiger partial charge on any atom is -0.496 e. The first kappa shape index (κ1) is 19.6. The first-order valence-electron chi connectivity index (χ1n) is 8.05. The van der Waals surface area contributed by atoms with Gasteiger partial charge in [0.15, 0.2) is 0 Å². The molecule has 0 radical (unpaired) electrons. The highest BCUT2D eigenvalue weighted by Crippen LogP contribution is 2.28. The highest BCUT2D eigenvalue weighted by Gasteiger charge is 2.21. The average molecular weight is 378 g/mol. The number of anilines is 1. The Morgan fingerprint density at radius 3 is 2.38 bits per heavy atom. The third-order valence-electron chi connectivity index (χ3n) is 3.61. The molecule has 1 amide bonds. The fourth-order valence-electron chi connectivity index (χ4n) is 2.30. The zero-order chi connectivity index (χ0) is 19.2. The lowest BCUT2D eigenvalue weighted by Gasteiger charge is -2.14. The second-order valence-electron chi connectivity index (χ2n) is 5.42. The first-order chi connectivity index (χ1) is 12.4. The minimum atomic E-state index is -3.91. The number of hydrogen-bond acceptors (Lipinski definition) is 5. The van der Waals surface area contributed by atoms with E-state index in [2.05, 4.69) is 10.0 Å². The summed E-state index contributed by atoms with van der Waals surface area (Å²) in [6.07, 6.45) is 0.765. The summed E-state index contributed by atoms with van der Waals surface area (Å²) in [5.74, 6) is 0.304. The number of hydrogen-bond donors (Lipinski definition) is 2. The van der Waals surface area contributed by atoms with E-state index in [4.69, 9.17) is 9.47 Å². The van der Waals surface area contributed by atoms with Gasteiger partial charge in [0.25, 0.3) is 15.9 Å². The minimum absolute atomic E-state index is 0.0501. The fourth-order valence-corrected chi connectivity index (χ4v) is 3.39. The molecule has 0 saturated heterocycles. The number of rotatable bonds is 8. The van der Waals surface area contributed by atoms with Crippen LogP contribution in [0.3, 0.4) is 0 Å². The second-order valence-corrected chi connectivity index (χ2v) is 7.11. The summed E-state index contributed by atoms with van der Waals surface area (Å²) < 4.78 is 38.2. The van der Waals surface area contributed by atoms with Gasteiger partial charge in [-0.1, -0.05) is 19.1 Å². The molecule has 2 aromatic carbocycles. The highest BCUT2D eigenvalue weighted by atomic mass is 32.2. The molecule has 0 heterocycles. The van der Waals surface area contributed by atoms with Crippen molar-refractivity contribution in [1.82, 2.24) is 5.32 Å². The molecule has 26 heavy (non-hydrogen) atoms. The third kappa shape index (κ3) is 4.45. The maximum Gasteiger partial charge on any atom is 0.262 e. The Hall–Kier alpha value is -2.74.